The molecule has 2 bridgehead atoms. The van der Waals surface area contributed by atoms with Crippen molar-refractivity contribution in [1.29, 1.82) is 0 Å². The Morgan fingerprint density at radius 2 is 1.61 bits per heavy atom. The molecular weight excluding hydrogens is 388 g/mol. The number of piperidine rings is 1. The fraction of sp³-hybridized carbons (Fsp3) is 0.692. The molecule has 1 aliphatic heterocycles. The van der Waals surface area contributed by atoms with Gasteiger partial charge in [0.2, 0.25) is 0 Å². The van der Waals surface area contributed by atoms with Gasteiger partial charge in [-0.1, -0.05) is 6.42 Å². The minimum atomic E-state index is 0.0192. The van der Waals surface area contributed by atoms with Gasteiger partial charge in [-0.2, -0.15) is 0 Å². The molecule has 0 aromatic heterocycles. The minimum absolute atomic E-state index is 0.0192. The molecule has 5 nitrogen and oxygen atoms in total. The van der Waals surface area contributed by atoms with Crippen LogP contribution in [0.25, 0.3) is 0 Å². The van der Waals surface area contributed by atoms with E-state index in [0.29, 0.717) is 23.3 Å². The van der Waals surface area contributed by atoms with E-state index in [9.17, 15) is 9.59 Å². The van der Waals surface area contributed by atoms with E-state index in [1.807, 2.05) is 17.0 Å². The summed E-state index contributed by atoms with van der Waals surface area (Å²) in [5.41, 5.74) is 0.669. The van der Waals surface area contributed by atoms with Crippen LogP contribution in [0.5, 0.6) is 5.75 Å². The van der Waals surface area contributed by atoms with Crippen molar-refractivity contribution in [3.8, 4) is 5.75 Å². The Labute approximate surface area is 185 Å². The van der Waals surface area contributed by atoms with Gasteiger partial charge >= 0.3 is 0 Å². The van der Waals surface area contributed by atoms with E-state index in [-0.39, 0.29) is 30.5 Å². The normalized spacial score (nSPS) is 36.3. The van der Waals surface area contributed by atoms with Crippen LogP contribution in [0.15, 0.2) is 24.3 Å². The monoisotopic (exact) mass is 424 g/mol. The highest BCUT2D eigenvalue weighted by Gasteiger charge is 2.54. The fourth-order valence-electron chi connectivity index (χ4n) is 7.32. The van der Waals surface area contributed by atoms with Crippen molar-refractivity contribution in [3.05, 3.63) is 29.8 Å². The molecule has 3 aliphatic carbocycles. The number of carbonyl (C=O) groups excluding carboxylic acids is 2. The number of hydrogen-bond donors (Lipinski definition) is 1. The van der Waals surface area contributed by atoms with Crippen molar-refractivity contribution in [2.75, 3.05) is 6.61 Å². The van der Waals surface area contributed by atoms with Crippen LogP contribution in [-0.4, -0.2) is 41.4 Å². The highest BCUT2D eigenvalue weighted by atomic mass is 16.5. The summed E-state index contributed by atoms with van der Waals surface area (Å²) in [6.45, 7) is 4.28. The third-order valence-electron chi connectivity index (χ3n) is 8.71. The molecule has 0 radical (unpaired) electrons. The second-order valence-electron chi connectivity index (χ2n) is 10.5. The molecule has 0 spiro atoms. The summed E-state index contributed by atoms with van der Waals surface area (Å²) in [6, 6.07) is 8.13. The van der Waals surface area contributed by atoms with E-state index in [0.717, 1.165) is 37.0 Å². The highest BCUT2D eigenvalue weighted by molar-refractivity contribution is 5.94. The Bertz CT molecular complexity index is 812. The Morgan fingerprint density at radius 3 is 2.35 bits per heavy atom. The lowest BCUT2D eigenvalue weighted by Gasteiger charge is -2.38. The maximum atomic E-state index is 12.8. The van der Waals surface area contributed by atoms with Crippen LogP contribution in [0.3, 0.4) is 0 Å². The van der Waals surface area contributed by atoms with Crippen molar-refractivity contribution in [1.82, 2.24) is 10.2 Å². The van der Waals surface area contributed by atoms with Crippen molar-refractivity contribution < 1.29 is 14.3 Å². The van der Waals surface area contributed by atoms with Gasteiger partial charge < -0.3 is 15.0 Å². The number of rotatable bonds is 5. The zero-order valence-electron chi connectivity index (χ0n) is 18.9. The van der Waals surface area contributed by atoms with Crippen molar-refractivity contribution in [2.24, 2.45) is 23.7 Å². The molecule has 1 aromatic rings. The average Bonchev–Trinajstić information content (AvgIpc) is 3.46. The number of benzene rings is 1. The lowest BCUT2D eigenvalue weighted by atomic mass is 9.79. The third-order valence-corrected chi connectivity index (χ3v) is 8.71. The Kier molecular flexibility index (Phi) is 5.70. The molecule has 4 fully saturated rings. The number of ether oxygens (including phenoxy) is 1. The predicted molar refractivity (Wildman–Crippen MR) is 120 cm³/mol. The smallest absolute Gasteiger partial charge is 0.260 e. The first-order valence-electron chi connectivity index (χ1n) is 12.4. The molecule has 1 saturated heterocycles. The number of amides is 2. The average molecular weight is 425 g/mol. The fourth-order valence-corrected chi connectivity index (χ4v) is 7.32. The zero-order valence-corrected chi connectivity index (χ0v) is 18.9. The molecule has 0 unspecified atom stereocenters. The van der Waals surface area contributed by atoms with Gasteiger partial charge in [0.15, 0.2) is 6.61 Å². The predicted octanol–water partition coefficient (Wildman–Crippen LogP) is 4.41. The quantitative estimate of drug-likeness (QED) is 0.762. The van der Waals surface area contributed by atoms with Crippen molar-refractivity contribution in [2.45, 2.75) is 83.3 Å². The van der Waals surface area contributed by atoms with Gasteiger partial charge in [0.05, 0.1) is 0 Å². The number of carbonyl (C=O) groups is 2. The van der Waals surface area contributed by atoms with Gasteiger partial charge in [-0.3, -0.25) is 9.59 Å². The maximum Gasteiger partial charge on any atom is 0.260 e. The van der Waals surface area contributed by atoms with Crippen LogP contribution < -0.4 is 10.1 Å². The molecule has 5 heteroatoms. The number of hydrogen-bond acceptors (Lipinski definition) is 3. The van der Waals surface area contributed by atoms with Crippen LogP contribution in [-0.2, 0) is 4.79 Å². The first kappa shape index (κ1) is 20.8. The minimum Gasteiger partial charge on any atom is -0.484 e. The second-order valence-corrected chi connectivity index (χ2v) is 10.5. The van der Waals surface area contributed by atoms with Gasteiger partial charge in [-0.05, 0) is 107 Å². The zero-order chi connectivity index (χ0) is 21.5. The molecule has 3 saturated carbocycles. The van der Waals surface area contributed by atoms with E-state index in [1.54, 1.807) is 12.1 Å². The van der Waals surface area contributed by atoms with Crippen LogP contribution >= 0.6 is 0 Å². The van der Waals surface area contributed by atoms with Gasteiger partial charge in [0, 0.05) is 23.7 Å². The molecule has 1 heterocycles. The molecule has 5 rings (SSSR count). The number of nitrogens with one attached hydrogen (secondary N) is 1. The van der Waals surface area contributed by atoms with Crippen LogP contribution in [0.2, 0.25) is 0 Å². The number of fused-ring (bicyclic) bond motifs is 5. The van der Waals surface area contributed by atoms with Crippen LogP contribution in [0, 0.1) is 23.7 Å². The van der Waals surface area contributed by atoms with E-state index in [1.165, 1.54) is 32.1 Å². The lowest BCUT2D eigenvalue weighted by molar-refractivity contribution is -0.139. The molecule has 31 heavy (non-hydrogen) atoms. The molecule has 2 amide bonds. The van der Waals surface area contributed by atoms with Crippen LogP contribution in [0.4, 0.5) is 0 Å². The first-order chi connectivity index (χ1) is 15.0. The molecule has 7 atom stereocenters. The largest absolute Gasteiger partial charge is 0.484 e. The summed E-state index contributed by atoms with van der Waals surface area (Å²) in [7, 11) is 0. The Hall–Kier alpha value is -2.04. The van der Waals surface area contributed by atoms with Crippen molar-refractivity contribution in [3.63, 3.8) is 0 Å². The van der Waals surface area contributed by atoms with Gasteiger partial charge in [-0.25, -0.2) is 0 Å². The third kappa shape index (κ3) is 3.96. The van der Waals surface area contributed by atoms with E-state index >= 15 is 0 Å². The van der Waals surface area contributed by atoms with E-state index in [4.69, 9.17) is 4.74 Å². The van der Waals surface area contributed by atoms with Gasteiger partial charge in [-0.15, -0.1) is 0 Å². The molecular formula is C26H36N2O3. The number of nitrogens with zero attached hydrogens (tertiary/aromatic N) is 1. The summed E-state index contributed by atoms with van der Waals surface area (Å²) in [6.07, 6.45) is 9.92. The molecule has 1 N–H and O–H groups in total. The molecule has 4 aliphatic rings. The Balaban J connectivity index is 1.13. The van der Waals surface area contributed by atoms with Crippen LogP contribution in [0.1, 0.15) is 75.6 Å². The summed E-state index contributed by atoms with van der Waals surface area (Å²) in [5.74, 6) is 4.01. The Morgan fingerprint density at radius 1 is 0.935 bits per heavy atom. The highest BCUT2D eigenvalue weighted by Crippen LogP contribution is 2.58. The van der Waals surface area contributed by atoms with Gasteiger partial charge in [0.1, 0.15) is 5.75 Å². The van der Waals surface area contributed by atoms with E-state index in [2.05, 4.69) is 19.2 Å². The van der Waals surface area contributed by atoms with E-state index < -0.39 is 0 Å². The van der Waals surface area contributed by atoms with Crippen molar-refractivity contribution >= 4 is 11.8 Å². The standard InChI is InChI=1S/C26H36N2O3/c1-16-5-3-6-17(2)28(16)25(29)15-31-20-11-9-18(10-12-20)26(30)27-24-14-19-13-23(24)22-8-4-7-21(19)22/h9-12,16-17,19,21-24H,3-8,13-15H2,1-2H3,(H,27,30)/t16-,17+,19-,21-,22+,23+,24-/m1/s1. The first-order valence-corrected chi connectivity index (χ1v) is 12.4. The summed E-state index contributed by atoms with van der Waals surface area (Å²) in [5, 5.41) is 3.32. The summed E-state index contributed by atoms with van der Waals surface area (Å²) >= 11 is 0. The summed E-state index contributed by atoms with van der Waals surface area (Å²) < 4.78 is 5.75. The van der Waals surface area contributed by atoms with Gasteiger partial charge in [0.25, 0.3) is 11.8 Å². The SMILES string of the molecule is C[C@@H]1CCC[C@H](C)N1C(=O)COc1ccc(C(=O)N[C@@H]2C[C@H]3C[C@H]2[C@H]2CCC[C@H]32)cc1. The number of likely N-dealkylation sites (tertiary alicyclic amines) is 1. The topological polar surface area (TPSA) is 58.6 Å². The maximum absolute atomic E-state index is 12.8. The lowest BCUT2D eigenvalue weighted by Crippen LogP contribution is -2.49. The molecule has 1 aromatic carbocycles. The summed E-state index contributed by atoms with van der Waals surface area (Å²) in [4.78, 5) is 27.4. The molecule has 168 valence electrons. The second kappa shape index (κ2) is 8.48.